The van der Waals surface area contributed by atoms with Crippen LogP contribution in [-0.4, -0.2) is 24.1 Å². The van der Waals surface area contributed by atoms with Crippen LogP contribution in [0.1, 0.15) is 29.8 Å². The molecule has 136 valence electrons. The summed E-state index contributed by atoms with van der Waals surface area (Å²) in [5, 5.41) is 6.22. The highest BCUT2D eigenvalue weighted by molar-refractivity contribution is 5.97. The third-order valence-electron chi connectivity index (χ3n) is 3.64. The van der Waals surface area contributed by atoms with Crippen LogP contribution < -0.4 is 10.7 Å². The lowest BCUT2D eigenvalue weighted by Gasteiger charge is -2.20. The molecule has 0 aliphatic carbocycles. The summed E-state index contributed by atoms with van der Waals surface area (Å²) in [6.45, 7) is 3.52. The molecule has 0 fully saturated rings. The summed E-state index contributed by atoms with van der Waals surface area (Å²) < 4.78 is 27.0. The van der Waals surface area contributed by atoms with Gasteiger partial charge in [-0.25, -0.2) is 14.2 Å². The molecule has 0 unspecified atom stereocenters. The summed E-state index contributed by atoms with van der Waals surface area (Å²) in [5.41, 5.74) is 2.27. The zero-order valence-electron chi connectivity index (χ0n) is 14.4. The number of nitrogens with one attached hydrogen (secondary N) is 2. The average molecular weight is 359 g/mol. The van der Waals surface area contributed by atoms with E-state index in [0.29, 0.717) is 5.56 Å². The van der Waals surface area contributed by atoms with E-state index >= 15 is 0 Å². The molecule has 0 aliphatic heterocycles. The number of rotatable bonds is 6. The Bertz CT molecular complexity index is 787. The van der Waals surface area contributed by atoms with Gasteiger partial charge in [0.25, 0.3) is 11.8 Å². The minimum Gasteiger partial charge on any atom is -0.340 e. The molecule has 5 nitrogen and oxygen atoms in total. The Morgan fingerprint density at radius 1 is 1.00 bits per heavy atom. The van der Waals surface area contributed by atoms with Crippen molar-refractivity contribution in [2.45, 2.75) is 19.9 Å². The standard InChI is InChI=1S/C19H19F2N3O2/c1-12(2)17(23-18(25)13-7-4-3-5-8-13)19(26)24-22-11-14-15(20)9-6-10-16(14)21/h3-12,17H,1-2H3,(H,23,25)(H,24,26)/b22-11+/t17-/m1/s1. The molecule has 0 aliphatic rings. The van der Waals surface area contributed by atoms with Crippen molar-refractivity contribution >= 4 is 18.0 Å². The van der Waals surface area contributed by atoms with Gasteiger partial charge in [-0.2, -0.15) is 5.10 Å². The Balaban J connectivity index is 2.04. The number of benzene rings is 2. The molecular weight excluding hydrogens is 340 g/mol. The molecule has 2 rings (SSSR count). The van der Waals surface area contributed by atoms with Gasteiger partial charge < -0.3 is 5.32 Å². The van der Waals surface area contributed by atoms with Crippen LogP contribution in [0.15, 0.2) is 53.6 Å². The first-order valence-corrected chi connectivity index (χ1v) is 8.03. The SMILES string of the molecule is CC(C)[C@@H](NC(=O)c1ccccc1)C(=O)N/N=C/c1c(F)cccc1F. The molecule has 0 saturated carbocycles. The van der Waals surface area contributed by atoms with Gasteiger partial charge in [-0.3, -0.25) is 9.59 Å². The first-order chi connectivity index (χ1) is 12.4. The van der Waals surface area contributed by atoms with E-state index < -0.39 is 29.5 Å². The number of nitrogens with zero attached hydrogens (tertiary/aromatic N) is 1. The van der Waals surface area contributed by atoms with Crippen molar-refractivity contribution in [3.63, 3.8) is 0 Å². The zero-order valence-corrected chi connectivity index (χ0v) is 14.4. The van der Waals surface area contributed by atoms with Crippen LogP contribution in [0.3, 0.4) is 0 Å². The van der Waals surface area contributed by atoms with Gasteiger partial charge in [0, 0.05) is 5.56 Å². The average Bonchev–Trinajstić information content (AvgIpc) is 2.62. The van der Waals surface area contributed by atoms with Crippen molar-refractivity contribution in [3.05, 3.63) is 71.3 Å². The van der Waals surface area contributed by atoms with Gasteiger partial charge in [0.2, 0.25) is 0 Å². The van der Waals surface area contributed by atoms with Crippen LogP contribution >= 0.6 is 0 Å². The van der Waals surface area contributed by atoms with E-state index in [9.17, 15) is 18.4 Å². The number of carbonyl (C=O) groups excluding carboxylic acids is 2. The first kappa shape index (κ1) is 19.2. The number of halogens is 2. The van der Waals surface area contributed by atoms with E-state index in [0.717, 1.165) is 18.3 Å². The predicted octanol–water partition coefficient (Wildman–Crippen LogP) is 2.87. The summed E-state index contributed by atoms with van der Waals surface area (Å²) in [4.78, 5) is 24.5. The third-order valence-corrected chi connectivity index (χ3v) is 3.64. The van der Waals surface area contributed by atoms with Gasteiger partial charge >= 0.3 is 0 Å². The number of hydrogen-bond acceptors (Lipinski definition) is 3. The van der Waals surface area contributed by atoms with Gasteiger partial charge in [-0.15, -0.1) is 0 Å². The molecule has 0 saturated heterocycles. The molecular formula is C19H19F2N3O2. The van der Waals surface area contributed by atoms with Crippen molar-refractivity contribution in [2.24, 2.45) is 11.0 Å². The van der Waals surface area contributed by atoms with Gasteiger partial charge in [0.15, 0.2) is 0 Å². The quantitative estimate of drug-likeness (QED) is 0.615. The van der Waals surface area contributed by atoms with E-state index in [4.69, 9.17) is 0 Å². The highest BCUT2D eigenvalue weighted by Crippen LogP contribution is 2.09. The van der Waals surface area contributed by atoms with Crippen molar-refractivity contribution < 1.29 is 18.4 Å². The number of hydrazone groups is 1. The lowest BCUT2D eigenvalue weighted by Crippen LogP contribution is -2.48. The van der Waals surface area contributed by atoms with Crippen molar-refractivity contribution in [1.82, 2.24) is 10.7 Å². The highest BCUT2D eigenvalue weighted by atomic mass is 19.1. The molecule has 2 aromatic carbocycles. The van der Waals surface area contributed by atoms with Gasteiger partial charge in [-0.05, 0) is 30.2 Å². The van der Waals surface area contributed by atoms with Crippen LogP contribution in [0.5, 0.6) is 0 Å². The van der Waals surface area contributed by atoms with Crippen molar-refractivity contribution in [1.29, 1.82) is 0 Å². The Labute approximate surface area is 150 Å². The maximum Gasteiger partial charge on any atom is 0.262 e. The normalized spacial score (nSPS) is 12.2. The van der Waals surface area contributed by atoms with Gasteiger partial charge in [0.05, 0.1) is 11.8 Å². The first-order valence-electron chi connectivity index (χ1n) is 8.03. The summed E-state index contributed by atoms with van der Waals surface area (Å²) in [5.74, 6) is -2.79. The maximum atomic E-state index is 13.5. The monoisotopic (exact) mass is 359 g/mol. The number of carbonyl (C=O) groups is 2. The molecule has 0 radical (unpaired) electrons. The molecule has 7 heteroatoms. The Morgan fingerprint density at radius 2 is 1.62 bits per heavy atom. The van der Waals surface area contributed by atoms with E-state index in [2.05, 4.69) is 15.8 Å². The molecule has 0 aromatic heterocycles. The Hall–Kier alpha value is -3.09. The molecule has 0 heterocycles. The minimum absolute atomic E-state index is 0.219. The fourth-order valence-electron chi connectivity index (χ4n) is 2.21. The summed E-state index contributed by atoms with van der Waals surface area (Å²) >= 11 is 0. The largest absolute Gasteiger partial charge is 0.340 e. The fraction of sp³-hybridized carbons (Fsp3) is 0.211. The van der Waals surface area contributed by atoms with Crippen molar-refractivity contribution in [3.8, 4) is 0 Å². The van der Waals surface area contributed by atoms with Gasteiger partial charge in [-0.1, -0.05) is 38.1 Å². The smallest absolute Gasteiger partial charge is 0.262 e. The minimum atomic E-state index is -0.856. The summed E-state index contributed by atoms with van der Waals surface area (Å²) in [6.07, 6.45) is 0.888. The second kappa shape index (κ2) is 8.84. The zero-order chi connectivity index (χ0) is 19.1. The Kier molecular flexibility index (Phi) is 6.54. The molecule has 2 aromatic rings. The number of amides is 2. The molecule has 1 atom stereocenters. The topological polar surface area (TPSA) is 70.6 Å². The van der Waals surface area contributed by atoms with Crippen LogP contribution in [0.4, 0.5) is 8.78 Å². The summed E-state index contributed by atoms with van der Waals surface area (Å²) in [7, 11) is 0. The molecule has 2 N–H and O–H groups in total. The summed E-state index contributed by atoms with van der Waals surface area (Å²) in [6, 6.07) is 11.0. The fourth-order valence-corrected chi connectivity index (χ4v) is 2.21. The van der Waals surface area contributed by atoms with Crippen molar-refractivity contribution in [2.75, 3.05) is 0 Å². The second-order valence-electron chi connectivity index (χ2n) is 5.93. The third kappa shape index (κ3) is 4.95. The molecule has 26 heavy (non-hydrogen) atoms. The van der Waals surface area contributed by atoms with Crippen LogP contribution in [0.25, 0.3) is 0 Å². The number of hydrogen-bond donors (Lipinski definition) is 2. The second-order valence-corrected chi connectivity index (χ2v) is 5.93. The van der Waals surface area contributed by atoms with Crippen LogP contribution in [0.2, 0.25) is 0 Å². The van der Waals surface area contributed by atoms with E-state index in [1.807, 2.05) is 0 Å². The molecule has 2 amide bonds. The molecule has 0 spiro atoms. The lowest BCUT2D eigenvalue weighted by atomic mass is 10.0. The predicted molar refractivity (Wildman–Crippen MR) is 94.6 cm³/mol. The van der Waals surface area contributed by atoms with Gasteiger partial charge in [0.1, 0.15) is 17.7 Å². The molecule has 0 bridgehead atoms. The van der Waals surface area contributed by atoms with E-state index in [1.165, 1.54) is 6.07 Å². The highest BCUT2D eigenvalue weighted by Gasteiger charge is 2.24. The van der Waals surface area contributed by atoms with Crippen LogP contribution in [-0.2, 0) is 4.79 Å². The lowest BCUT2D eigenvalue weighted by molar-refractivity contribution is -0.123. The van der Waals surface area contributed by atoms with Crippen LogP contribution in [0, 0.1) is 17.6 Å². The maximum absolute atomic E-state index is 13.5. The Morgan fingerprint density at radius 3 is 2.19 bits per heavy atom. The van der Waals surface area contributed by atoms with E-state index in [1.54, 1.807) is 44.2 Å². The van der Waals surface area contributed by atoms with E-state index in [-0.39, 0.29) is 11.5 Å².